The number of anilines is 1. The van der Waals surface area contributed by atoms with Gasteiger partial charge in [-0.15, -0.1) is 0 Å². The number of ether oxygens (including phenoxy) is 1. The van der Waals surface area contributed by atoms with Crippen LogP contribution in [-0.4, -0.2) is 24.7 Å². The molecule has 1 unspecified atom stereocenters. The summed E-state index contributed by atoms with van der Waals surface area (Å²) < 4.78 is 5.45. The number of aromatic nitrogens is 1. The van der Waals surface area contributed by atoms with Crippen LogP contribution in [0.2, 0.25) is 0 Å². The molecule has 22 heavy (non-hydrogen) atoms. The van der Waals surface area contributed by atoms with E-state index in [-0.39, 0.29) is 0 Å². The summed E-state index contributed by atoms with van der Waals surface area (Å²) in [5, 5.41) is 4.63. The second kappa shape index (κ2) is 7.80. The number of nitrogens with two attached hydrogens (primary N) is 1. The highest BCUT2D eigenvalue weighted by atomic mass is 16.5. The molecule has 0 aliphatic carbocycles. The van der Waals surface area contributed by atoms with Crippen molar-refractivity contribution in [3.63, 3.8) is 0 Å². The van der Waals surface area contributed by atoms with Gasteiger partial charge in [-0.2, -0.15) is 0 Å². The fraction of sp³-hybridized carbons (Fsp3) is 0.389. The SMILES string of the molecule is C/C=C\c1ccnc2c(NC(C)CCCN)cc(OC)cc12. The molecule has 1 heterocycles. The van der Waals surface area contributed by atoms with Crippen LogP contribution in [0.15, 0.2) is 30.5 Å². The first-order chi connectivity index (χ1) is 10.7. The quantitative estimate of drug-likeness (QED) is 0.816. The molecule has 0 radical (unpaired) electrons. The van der Waals surface area contributed by atoms with E-state index in [1.807, 2.05) is 37.4 Å². The molecular weight excluding hydrogens is 274 g/mol. The minimum absolute atomic E-state index is 0.339. The van der Waals surface area contributed by atoms with Gasteiger partial charge in [0.1, 0.15) is 5.75 Å². The van der Waals surface area contributed by atoms with E-state index < -0.39 is 0 Å². The number of nitrogens with zero attached hydrogens (tertiary/aromatic N) is 1. The Labute approximate surface area is 132 Å². The number of methoxy groups -OCH3 is 1. The van der Waals surface area contributed by atoms with Crippen LogP contribution in [0.1, 0.15) is 32.3 Å². The Kier molecular flexibility index (Phi) is 5.78. The van der Waals surface area contributed by atoms with Gasteiger partial charge in [0.2, 0.25) is 0 Å². The standard InChI is InChI=1S/C18H25N3O/c1-4-6-14-8-10-20-18-16(14)11-15(22-3)12-17(18)21-13(2)7-5-9-19/h4,6,8,10-13,21H,5,7,9,19H2,1-3H3/b6-4-. The Balaban J connectivity index is 2.46. The highest BCUT2D eigenvalue weighted by Gasteiger charge is 2.10. The maximum atomic E-state index is 5.59. The molecule has 0 aliphatic rings. The number of benzene rings is 1. The van der Waals surface area contributed by atoms with Crippen molar-refractivity contribution < 1.29 is 4.74 Å². The number of nitrogens with one attached hydrogen (secondary N) is 1. The number of rotatable bonds is 7. The van der Waals surface area contributed by atoms with Gasteiger partial charge in [-0.1, -0.05) is 12.2 Å². The molecule has 118 valence electrons. The maximum absolute atomic E-state index is 5.59. The Bertz CT molecular complexity index is 652. The van der Waals surface area contributed by atoms with Gasteiger partial charge < -0.3 is 15.8 Å². The monoisotopic (exact) mass is 299 g/mol. The topological polar surface area (TPSA) is 60.2 Å². The van der Waals surface area contributed by atoms with E-state index >= 15 is 0 Å². The molecule has 1 aromatic carbocycles. The van der Waals surface area contributed by atoms with Gasteiger partial charge in [0, 0.05) is 23.7 Å². The van der Waals surface area contributed by atoms with Crippen LogP contribution in [0.25, 0.3) is 17.0 Å². The molecule has 0 aliphatic heterocycles. The summed E-state index contributed by atoms with van der Waals surface area (Å²) in [5.41, 5.74) is 8.71. The zero-order chi connectivity index (χ0) is 15.9. The lowest BCUT2D eigenvalue weighted by molar-refractivity contribution is 0.415. The predicted molar refractivity (Wildman–Crippen MR) is 94.4 cm³/mol. The first kappa shape index (κ1) is 16.3. The van der Waals surface area contributed by atoms with Gasteiger partial charge in [0.25, 0.3) is 0 Å². The smallest absolute Gasteiger partial charge is 0.121 e. The van der Waals surface area contributed by atoms with Gasteiger partial charge in [0.05, 0.1) is 18.3 Å². The average molecular weight is 299 g/mol. The number of allylic oxidation sites excluding steroid dienone is 1. The summed E-state index contributed by atoms with van der Waals surface area (Å²) in [6, 6.07) is 6.40. The van der Waals surface area contributed by atoms with Gasteiger partial charge in [-0.05, 0) is 50.9 Å². The summed E-state index contributed by atoms with van der Waals surface area (Å²) >= 11 is 0. The van der Waals surface area contributed by atoms with Crippen LogP contribution in [0, 0.1) is 0 Å². The van der Waals surface area contributed by atoms with Crippen molar-refractivity contribution in [3.05, 3.63) is 36.0 Å². The normalized spacial score (nSPS) is 12.7. The van der Waals surface area contributed by atoms with E-state index in [0.29, 0.717) is 12.6 Å². The largest absolute Gasteiger partial charge is 0.497 e. The maximum Gasteiger partial charge on any atom is 0.121 e. The molecule has 1 aromatic heterocycles. The molecule has 0 bridgehead atoms. The third-order valence-electron chi connectivity index (χ3n) is 3.68. The fourth-order valence-corrected chi connectivity index (χ4v) is 2.56. The molecule has 3 N–H and O–H groups in total. The highest BCUT2D eigenvalue weighted by molar-refractivity contribution is 5.97. The molecule has 4 heteroatoms. The number of pyridine rings is 1. The predicted octanol–water partition coefficient (Wildman–Crippen LogP) is 3.82. The van der Waals surface area contributed by atoms with E-state index in [0.717, 1.165) is 40.7 Å². The van der Waals surface area contributed by atoms with Crippen molar-refractivity contribution in [2.45, 2.75) is 32.7 Å². The van der Waals surface area contributed by atoms with Crippen LogP contribution in [0.4, 0.5) is 5.69 Å². The molecule has 4 nitrogen and oxygen atoms in total. The summed E-state index contributed by atoms with van der Waals surface area (Å²) in [7, 11) is 1.69. The third kappa shape index (κ3) is 3.77. The Morgan fingerprint density at radius 1 is 1.41 bits per heavy atom. The first-order valence-electron chi connectivity index (χ1n) is 7.75. The van der Waals surface area contributed by atoms with Crippen molar-refractivity contribution in [1.29, 1.82) is 0 Å². The van der Waals surface area contributed by atoms with Gasteiger partial charge >= 0.3 is 0 Å². The van der Waals surface area contributed by atoms with Crippen molar-refractivity contribution >= 4 is 22.7 Å². The zero-order valence-corrected chi connectivity index (χ0v) is 13.6. The Morgan fingerprint density at radius 3 is 2.91 bits per heavy atom. The van der Waals surface area contributed by atoms with Crippen molar-refractivity contribution in [2.24, 2.45) is 5.73 Å². The van der Waals surface area contributed by atoms with Gasteiger partial charge in [0.15, 0.2) is 0 Å². The van der Waals surface area contributed by atoms with Crippen molar-refractivity contribution in [1.82, 2.24) is 4.98 Å². The van der Waals surface area contributed by atoms with Crippen molar-refractivity contribution in [2.75, 3.05) is 19.0 Å². The highest BCUT2D eigenvalue weighted by Crippen LogP contribution is 2.31. The molecule has 0 saturated carbocycles. The molecule has 2 rings (SSSR count). The molecule has 1 atom stereocenters. The average Bonchev–Trinajstić information content (AvgIpc) is 2.53. The second-order valence-electron chi connectivity index (χ2n) is 5.45. The Hall–Kier alpha value is -2.07. The second-order valence-corrected chi connectivity index (χ2v) is 5.45. The molecule has 0 fully saturated rings. The van der Waals surface area contributed by atoms with E-state index in [9.17, 15) is 0 Å². The summed E-state index contributed by atoms with van der Waals surface area (Å²) in [4.78, 5) is 4.56. The number of hydrogen-bond donors (Lipinski definition) is 2. The van der Waals surface area contributed by atoms with Crippen LogP contribution < -0.4 is 15.8 Å². The van der Waals surface area contributed by atoms with E-state index in [2.05, 4.69) is 23.3 Å². The van der Waals surface area contributed by atoms with Gasteiger partial charge in [-0.25, -0.2) is 0 Å². The molecule has 0 amide bonds. The number of hydrogen-bond acceptors (Lipinski definition) is 4. The first-order valence-corrected chi connectivity index (χ1v) is 7.75. The molecule has 0 saturated heterocycles. The Morgan fingerprint density at radius 2 is 2.23 bits per heavy atom. The van der Waals surface area contributed by atoms with E-state index in [1.54, 1.807) is 7.11 Å². The zero-order valence-electron chi connectivity index (χ0n) is 13.6. The summed E-state index contributed by atoms with van der Waals surface area (Å²) in [5.74, 6) is 0.833. The minimum Gasteiger partial charge on any atom is -0.497 e. The van der Waals surface area contributed by atoms with Gasteiger partial charge in [-0.3, -0.25) is 4.98 Å². The summed E-state index contributed by atoms with van der Waals surface area (Å²) in [6.07, 6.45) is 8.01. The van der Waals surface area contributed by atoms with Crippen LogP contribution in [0.3, 0.4) is 0 Å². The van der Waals surface area contributed by atoms with Crippen LogP contribution in [-0.2, 0) is 0 Å². The van der Waals surface area contributed by atoms with Crippen LogP contribution in [0.5, 0.6) is 5.75 Å². The lowest BCUT2D eigenvalue weighted by Gasteiger charge is -2.17. The number of fused-ring (bicyclic) bond motifs is 1. The fourth-order valence-electron chi connectivity index (χ4n) is 2.56. The van der Waals surface area contributed by atoms with Crippen LogP contribution >= 0.6 is 0 Å². The molecular formula is C18H25N3O. The molecule has 2 aromatic rings. The summed E-state index contributed by atoms with van der Waals surface area (Å²) in [6.45, 7) is 4.89. The van der Waals surface area contributed by atoms with Crippen molar-refractivity contribution in [3.8, 4) is 5.75 Å². The lowest BCUT2D eigenvalue weighted by Crippen LogP contribution is -2.17. The van der Waals surface area contributed by atoms with E-state index in [1.165, 1.54) is 0 Å². The lowest BCUT2D eigenvalue weighted by atomic mass is 10.1. The van der Waals surface area contributed by atoms with E-state index in [4.69, 9.17) is 10.5 Å². The minimum atomic E-state index is 0.339. The third-order valence-corrected chi connectivity index (χ3v) is 3.68. The molecule has 0 spiro atoms.